The van der Waals surface area contributed by atoms with Gasteiger partial charge in [-0.25, -0.2) is 8.78 Å². The normalized spacial score (nSPS) is 10.8. The minimum absolute atomic E-state index is 0.0835. The highest BCUT2D eigenvalue weighted by Crippen LogP contribution is 2.29. The molecule has 0 aliphatic carbocycles. The van der Waals surface area contributed by atoms with Crippen molar-refractivity contribution < 1.29 is 8.78 Å². The van der Waals surface area contributed by atoms with Gasteiger partial charge in [0.05, 0.1) is 0 Å². The van der Waals surface area contributed by atoms with Gasteiger partial charge in [-0.3, -0.25) is 0 Å². The SMILES string of the molecule is Cc1cc(Cl)c(C(F)F)cc1C. The first-order valence-corrected chi connectivity index (χ1v) is 3.95. The lowest BCUT2D eigenvalue weighted by Crippen LogP contribution is -1.89. The van der Waals surface area contributed by atoms with Crippen molar-refractivity contribution in [1.29, 1.82) is 0 Å². The predicted octanol–water partition coefficient (Wildman–Crippen LogP) is 3.89. The Balaban J connectivity index is 3.23. The van der Waals surface area contributed by atoms with Gasteiger partial charge >= 0.3 is 0 Å². The number of rotatable bonds is 1. The van der Waals surface area contributed by atoms with Crippen LogP contribution in [0.1, 0.15) is 23.1 Å². The van der Waals surface area contributed by atoms with Gasteiger partial charge in [0.25, 0.3) is 6.43 Å². The predicted molar refractivity (Wildman–Crippen MR) is 45.9 cm³/mol. The highest BCUT2D eigenvalue weighted by molar-refractivity contribution is 6.31. The summed E-state index contributed by atoms with van der Waals surface area (Å²) in [6.45, 7) is 3.63. The maximum Gasteiger partial charge on any atom is 0.265 e. The monoisotopic (exact) mass is 190 g/mol. The number of benzene rings is 1. The van der Waals surface area contributed by atoms with Gasteiger partial charge in [0.2, 0.25) is 0 Å². The zero-order valence-corrected chi connectivity index (χ0v) is 7.62. The Hall–Kier alpha value is -0.630. The van der Waals surface area contributed by atoms with Crippen LogP contribution in [0.2, 0.25) is 5.02 Å². The molecule has 0 saturated heterocycles. The highest BCUT2D eigenvalue weighted by Gasteiger charge is 2.12. The Labute approximate surface area is 75.2 Å². The fourth-order valence-corrected chi connectivity index (χ4v) is 1.27. The smallest absolute Gasteiger partial charge is 0.205 e. The molecule has 0 heterocycles. The van der Waals surface area contributed by atoms with Crippen LogP contribution in [-0.2, 0) is 0 Å². The lowest BCUT2D eigenvalue weighted by molar-refractivity contribution is 0.151. The quantitative estimate of drug-likeness (QED) is 0.630. The number of hydrogen-bond acceptors (Lipinski definition) is 0. The number of hydrogen-bond donors (Lipinski definition) is 0. The maximum absolute atomic E-state index is 12.3. The largest absolute Gasteiger partial charge is 0.265 e. The van der Waals surface area contributed by atoms with E-state index >= 15 is 0 Å². The van der Waals surface area contributed by atoms with Crippen LogP contribution < -0.4 is 0 Å². The third-order valence-corrected chi connectivity index (χ3v) is 2.18. The van der Waals surface area contributed by atoms with E-state index in [9.17, 15) is 8.78 Å². The summed E-state index contributed by atoms with van der Waals surface area (Å²) in [6, 6.07) is 3.00. The third kappa shape index (κ3) is 1.75. The van der Waals surface area contributed by atoms with Crippen molar-refractivity contribution in [1.82, 2.24) is 0 Å². The van der Waals surface area contributed by atoms with Gasteiger partial charge in [0.15, 0.2) is 0 Å². The Morgan fingerprint density at radius 1 is 1.17 bits per heavy atom. The molecule has 0 spiro atoms. The van der Waals surface area contributed by atoms with E-state index in [1.165, 1.54) is 6.07 Å². The lowest BCUT2D eigenvalue weighted by Gasteiger charge is -2.06. The zero-order chi connectivity index (χ0) is 9.30. The fraction of sp³-hybridized carbons (Fsp3) is 0.333. The lowest BCUT2D eigenvalue weighted by atomic mass is 10.1. The summed E-state index contributed by atoms with van der Waals surface area (Å²) in [7, 11) is 0. The maximum atomic E-state index is 12.3. The molecule has 12 heavy (non-hydrogen) atoms. The van der Waals surface area contributed by atoms with E-state index in [0.29, 0.717) is 0 Å². The molecule has 1 rings (SSSR count). The van der Waals surface area contributed by atoms with Crippen LogP contribution in [0.4, 0.5) is 8.78 Å². The zero-order valence-electron chi connectivity index (χ0n) is 6.87. The van der Waals surface area contributed by atoms with E-state index in [2.05, 4.69) is 0 Å². The molecular formula is C9H9ClF2. The molecule has 1 aromatic rings. The first-order valence-electron chi connectivity index (χ1n) is 3.57. The Morgan fingerprint density at radius 3 is 2.17 bits per heavy atom. The molecular weight excluding hydrogens is 182 g/mol. The number of halogens is 3. The first-order chi connectivity index (χ1) is 5.52. The molecule has 0 radical (unpaired) electrons. The Kier molecular flexibility index (Phi) is 2.68. The van der Waals surface area contributed by atoms with Gasteiger partial charge in [-0.2, -0.15) is 0 Å². The van der Waals surface area contributed by atoms with Crippen molar-refractivity contribution in [3.63, 3.8) is 0 Å². The average Bonchev–Trinajstić information content (AvgIpc) is 1.96. The van der Waals surface area contributed by atoms with E-state index in [0.717, 1.165) is 11.1 Å². The molecule has 3 heteroatoms. The van der Waals surface area contributed by atoms with Crippen LogP contribution in [0.3, 0.4) is 0 Å². The molecule has 0 unspecified atom stereocenters. The summed E-state index contributed by atoms with van der Waals surface area (Å²) in [5.74, 6) is 0. The van der Waals surface area contributed by atoms with E-state index in [-0.39, 0.29) is 10.6 Å². The summed E-state index contributed by atoms with van der Waals surface area (Å²) in [5, 5.41) is 0.146. The molecule has 0 atom stereocenters. The van der Waals surface area contributed by atoms with Crippen molar-refractivity contribution in [3.05, 3.63) is 33.8 Å². The molecule has 0 nitrogen and oxygen atoms in total. The van der Waals surface area contributed by atoms with E-state index in [1.807, 2.05) is 6.92 Å². The van der Waals surface area contributed by atoms with Crippen molar-refractivity contribution in [3.8, 4) is 0 Å². The van der Waals surface area contributed by atoms with Crippen molar-refractivity contribution in [2.24, 2.45) is 0 Å². The van der Waals surface area contributed by atoms with E-state index in [4.69, 9.17) is 11.6 Å². The molecule has 0 aliphatic rings. The van der Waals surface area contributed by atoms with Crippen molar-refractivity contribution >= 4 is 11.6 Å². The molecule has 0 aliphatic heterocycles. The number of aryl methyl sites for hydroxylation is 2. The summed E-state index contributed by atoms with van der Waals surface area (Å²) >= 11 is 5.62. The second-order valence-electron chi connectivity index (χ2n) is 2.76. The first kappa shape index (κ1) is 9.46. The molecule has 0 amide bonds. The van der Waals surface area contributed by atoms with Gasteiger partial charge in [0, 0.05) is 10.6 Å². The van der Waals surface area contributed by atoms with E-state index < -0.39 is 6.43 Å². The summed E-state index contributed by atoms with van der Waals surface area (Å²) in [6.07, 6.45) is -2.49. The third-order valence-electron chi connectivity index (χ3n) is 1.85. The summed E-state index contributed by atoms with van der Waals surface area (Å²) in [5.41, 5.74) is 1.69. The molecule has 0 N–H and O–H groups in total. The average molecular weight is 191 g/mol. The summed E-state index contributed by atoms with van der Waals surface area (Å²) < 4.78 is 24.5. The van der Waals surface area contributed by atoms with Gasteiger partial charge < -0.3 is 0 Å². The fourth-order valence-electron chi connectivity index (χ4n) is 0.971. The van der Waals surface area contributed by atoms with Gasteiger partial charge in [-0.1, -0.05) is 11.6 Å². The molecule has 1 aromatic carbocycles. The van der Waals surface area contributed by atoms with Crippen LogP contribution in [0.25, 0.3) is 0 Å². The van der Waals surface area contributed by atoms with Crippen LogP contribution >= 0.6 is 11.6 Å². The van der Waals surface area contributed by atoms with Crippen molar-refractivity contribution in [2.75, 3.05) is 0 Å². The second kappa shape index (κ2) is 3.40. The summed E-state index contributed by atoms with van der Waals surface area (Å²) in [4.78, 5) is 0. The standard InChI is InChI=1S/C9H9ClF2/c1-5-3-7(9(11)12)8(10)4-6(5)2/h3-4,9H,1-2H3. The molecule has 66 valence electrons. The second-order valence-corrected chi connectivity index (χ2v) is 3.17. The van der Waals surface area contributed by atoms with Crippen LogP contribution in [0, 0.1) is 13.8 Å². The van der Waals surface area contributed by atoms with Crippen LogP contribution in [0.5, 0.6) is 0 Å². The van der Waals surface area contributed by atoms with Crippen LogP contribution in [-0.4, -0.2) is 0 Å². The van der Waals surface area contributed by atoms with E-state index in [1.54, 1.807) is 13.0 Å². The molecule has 0 fully saturated rings. The minimum atomic E-state index is -2.49. The van der Waals surface area contributed by atoms with Gasteiger partial charge in [-0.05, 0) is 37.1 Å². The topological polar surface area (TPSA) is 0 Å². The molecule has 0 aromatic heterocycles. The van der Waals surface area contributed by atoms with Crippen molar-refractivity contribution in [2.45, 2.75) is 20.3 Å². The minimum Gasteiger partial charge on any atom is -0.205 e. The van der Waals surface area contributed by atoms with Gasteiger partial charge in [0.1, 0.15) is 0 Å². The Bertz CT molecular complexity index is 295. The number of alkyl halides is 2. The highest BCUT2D eigenvalue weighted by atomic mass is 35.5. The van der Waals surface area contributed by atoms with Gasteiger partial charge in [-0.15, -0.1) is 0 Å². The molecule has 0 saturated carbocycles. The molecule has 0 bridgehead atoms. The Morgan fingerprint density at radius 2 is 1.67 bits per heavy atom. The van der Waals surface area contributed by atoms with Crippen LogP contribution in [0.15, 0.2) is 12.1 Å².